The molecule has 1 saturated heterocycles. The van der Waals surface area contributed by atoms with Gasteiger partial charge >= 0.3 is 0 Å². The molecule has 0 aliphatic carbocycles. The van der Waals surface area contributed by atoms with E-state index in [1.807, 2.05) is 6.92 Å². The molecule has 6 nitrogen and oxygen atoms in total. The molecule has 1 aromatic carbocycles. The van der Waals surface area contributed by atoms with Gasteiger partial charge in [0.05, 0.1) is 10.9 Å². The lowest BCUT2D eigenvalue weighted by molar-refractivity contribution is -0.126. The van der Waals surface area contributed by atoms with Crippen LogP contribution in [0.1, 0.15) is 31.4 Å². The van der Waals surface area contributed by atoms with Crippen molar-refractivity contribution in [1.82, 2.24) is 15.4 Å². The summed E-state index contributed by atoms with van der Waals surface area (Å²) in [6, 6.07) is 6.42. The van der Waals surface area contributed by atoms with Gasteiger partial charge in [-0.3, -0.25) is 4.79 Å². The van der Waals surface area contributed by atoms with Gasteiger partial charge in [-0.2, -0.15) is 0 Å². The van der Waals surface area contributed by atoms with E-state index in [1.165, 1.54) is 7.05 Å². The molecule has 0 radical (unpaired) electrons. The summed E-state index contributed by atoms with van der Waals surface area (Å²) in [6.45, 7) is 3.66. The average Bonchev–Trinajstić information content (AvgIpc) is 2.55. The third-order valence-corrected chi connectivity index (χ3v) is 5.46. The number of rotatable bonds is 5. The summed E-state index contributed by atoms with van der Waals surface area (Å²) in [6.07, 6.45) is 1.72. The Morgan fingerprint density at radius 3 is 2.30 bits per heavy atom. The second-order valence-corrected chi connectivity index (χ2v) is 7.42. The molecule has 0 aromatic heterocycles. The van der Waals surface area contributed by atoms with Crippen molar-refractivity contribution in [2.75, 3.05) is 20.1 Å². The number of hydrogen-bond acceptors (Lipinski definition) is 4. The number of sulfonamides is 1. The third kappa shape index (κ3) is 5.17. The third-order valence-electron chi connectivity index (χ3n) is 4.03. The smallest absolute Gasteiger partial charge is 0.240 e. The molecule has 2 rings (SSSR count). The Balaban J connectivity index is 0.00000264. The largest absolute Gasteiger partial charge is 0.349 e. The fourth-order valence-corrected chi connectivity index (χ4v) is 3.28. The number of halogens is 1. The monoisotopic (exact) mass is 361 g/mol. The zero-order valence-electron chi connectivity index (χ0n) is 13.3. The molecule has 23 heavy (non-hydrogen) atoms. The van der Waals surface area contributed by atoms with Crippen LogP contribution in [-0.2, 0) is 14.8 Å². The summed E-state index contributed by atoms with van der Waals surface area (Å²) in [7, 11) is -2.05. The molecule has 0 spiro atoms. The molecular formula is C15H24ClN3O3S. The molecule has 1 amide bonds. The van der Waals surface area contributed by atoms with Crippen LogP contribution in [0.5, 0.6) is 0 Å². The van der Waals surface area contributed by atoms with Crippen LogP contribution in [0.2, 0.25) is 0 Å². The van der Waals surface area contributed by atoms with Gasteiger partial charge in [-0.05, 0) is 57.6 Å². The second-order valence-electron chi connectivity index (χ2n) is 5.53. The summed E-state index contributed by atoms with van der Waals surface area (Å²) in [5.74, 6) is 0.133. The fraction of sp³-hybridized carbons (Fsp3) is 0.533. The van der Waals surface area contributed by atoms with Gasteiger partial charge in [-0.15, -0.1) is 12.4 Å². The van der Waals surface area contributed by atoms with Crippen LogP contribution in [0.25, 0.3) is 0 Å². The molecule has 1 aliphatic rings. The zero-order valence-corrected chi connectivity index (χ0v) is 15.0. The first-order valence-electron chi connectivity index (χ1n) is 7.48. The lowest BCUT2D eigenvalue weighted by Gasteiger charge is -2.24. The molecular weight excluding hydrogens is 338 g/mol. The highest BCUT2D eigenvalue weighted by atomic mass is 35.5. The maximum absolute atomic E-state index is 12.2. The van der Waals surface area contributed by atoms with Crippen molar-refractivity contribution < 1.29 is 13.2 Å². The lowest BCUT2D eigenvalue weighted by Crippen LogP contribution is -2.39. The molecule has 130 valence electrons. The standard InChI is InChI=1S/C15H23N3O3S.ClH/c1-11(18-15(19)13-7-9-17-10-8-13)12-3-5-14(6-4-12)22(20,21)16-2;/h3-6,11,13,16-17H,7-10H2,1-2H3,(H,18,19);1H. The molecule has 0 bridgehead atoms. The van der Waals surface area contributed by atoms with E-state index in [4.69, 9.17) is 0 Å². The summed E-state index contributed by atoms with van der Waals surface area (Å²) in [5.41, 5.74) is 0.886. The van der Waals surface area contributed by atoms with Crippen molar-refractivity contribution in [2.24, 2.45) is 5.92 Å². The van der Waals surface area contributed by atoms with E-state index in [-0.39, 0.29) is 35.2 Å². The highest BCUT2D eigenvalue weighted by molar-refractivity contribution is 7.89. The zero-order chi connectivity index (χ0) is 16.2. The van der Waals surface area contributed by atoms with Gasteiger partial charge in [-0.25, -0.2) is 13.1 Å². The van der Waals surface area contributed by atoms with Gasteiger partial charge < -0.3 is 10.6 Å². The minimum atomic E-state index is -3.43. The normalized spacial score (nSPS) is 17.1. The van der Waals surface area contributed by atoms with Crippen molar-refractivity contribution in [3.8, 4) is 0 Å². The predicted molar refractivity (Wildman–Crippen MR) is 92.1 cm³/mol. The van der Waals surface area contributed by atoms with Crippen molar-refractivity contribution in [3.05, 3.63) is 29.8 Å². The molecule has 1 unspecified atom stereocenters. The van der Waals surface area contributed by atoms with E-state index in [9.17, 15) is 13.2 Å². The molecule has 8 heteroatoms. The predicted octanol–water partition coefficient (Wildman–Crippen LogP) is 1.19. The summed E-state index contributed by atoms with van der Waals surface area (Å²) in [5, 5.41) is 6.24. The van der Waals surface area contributed by atoms with Gasteiger partial charge in [0.1, 0.15) is 0 Å². The van der Waals surface area contributed by atoms with Crippen molar-refractivity contribution in [2.45, 2.75) is 30.7 Å². The maximum atomic E-state index is 12.2. The number of carbonyl (C=O) groups is 1. The van der Waals surface area contributed by atoms with Crippen LogP contribution in [-0.4, -0.2) is 34.5 Å². The quantitative estimate of drug-likeness (QED) is 0.735. The average molecular weight is 362 g/mol. The number of benzene rings is 1. The van der Waals surface area contributed by atoms with E-state index in [2.05, 4.69) is 15.4 Å². The van der Waals surface area contributed by atoms with E-state index < -0.39 is 10.0 Å². The first-order valence-corrected chi connectivity index (χ1v) is 8.97. The molecule has 1 aromatic rings. The highest BCUT2D eigenvalue weighted by Gasteiger charge is 2.22. The number of hydrogen-bond donors (Lipinski definition) is 3. The van der Waals surface area contributed by atoms with E-state index >= 15 is 0 Å². The lowest BCUT2D eigenvalue weighted by atomic mass is 9.96. The van der Waals surface area contributed by atoms with Gasteiger partial charge in [0.2, 0.25) is 15.9 Å². The van der Waals surface area contributed by atoms with Crippen LogP contribution >= 0.6 is 12.4 Å². The van der Waals surface area contributed by atoms with Crippen molar-refractivity contribution >= 4 is 28.3 Å². The maximum Gasteiger partial charge on any atom is 0.240 e. The van der Waals surface area contributed by atoms with Gasteiger partial charge in [0.25, 0.3) is 0 Å². The first-order chi connectivity index (χ1) is 10.4. The van der Waals surface area contributed by atoms with Crippen LogP contribution in [0.3, 0.4) is 0 Å². The minimum Gasteiger partial charge on any atom is -0.349 e. The molecule has 1 heterocycles. The van der Waals surface area contributed by atoms with Crippen LogP contribution in [0, 0.1) is 5.92 Å². The van der Waals surface area contributed by atoms with E-state index in [1.54, 1.807) is 24.3 Å². The van der Waals surface area contributed by atoms with Crippen molar-refractivity contribution in [3.63, 3.8) is 0 Å². The number of piperidine rings is 1. The van der Waals surface area contributed by atoms with Crippen LogP contribution in [0.4, 0.5) is 0 Å². The second kappa shape index (κ2) is 8.63. The summed E-state index contributed by atoms with van der Waals surface area (Å²) in [4.78, 5) is 12.4. The fourth-order valence-electron chi connectivity index (χ4n) is 2.55. The molecule has 0 saturated carbocycles. The number of carbonyl (C=O) groups excluding carboxylic acids is 1. The Labute approximate surface area is 143 Å². The Kier molecular flexibility index (Phi) is 7.47. The van der Waals surface area contributed by atoms with Crippen molar-refractivity contribution in [1.29, 1.82) is 0 Å². The SMILES string of the molecule is CNS(=O)(=O)c1ccc(C(C)NC(=O)C2CCNCC2)cc1.Cl. The van der Waals surface area contributed by atoms with Crippen LogP contribution in [0.15, 0.2) is 29.2 Å². The van der Waals surface area contributed by atoms with Crippen LogP contribution < -0.4 is 15.4 Å². The Hall–Kier alpha value is -1.15. The number of nitrogens with one attached hydrogen (secondary N) is 3. The van der Waals surface area contributed by atoms with E-state index in [0.29, 0.717) is 0 Å². The molecule has 1 aliphatic heterocycles. The molecule has 1 fully saturated rings. The van der Waals surface area contributed by atoms with Gasteiger partial charge in [0, 0.05) is 5.92 Å². The minimum absolute atomic E-state index is 0. The number of amides is 1. The molecule has 3 N–H and O–H groups in total. The van der Waals surface area contributed by atoms with E-state index in [0.717, 1.165) is 31.5 Å². The highest BCUT2D eigenvalue weighted by Crippen LogP contribution is 2.18. The topological polar surface area (TPSA) is 87.3 Å². The van der Waals surface area contributed by atoms with Gasteiger partial charge in [-0.1, -0.05) is 12.1 Å². The first kappa shape index (κ1) is 19.9. The Bertz CT molecular complexity index is 613. The summed E-state index contributed by atoms with van der Waals surface area (Å²) >= 11 is 0. The Morgan fingerprint density at radius 2 is 1.78 bits per heavy atom. The Morgan fingerprint density at radius 1 is 1.22 bits per heavy atom. The summed E-state index contributed by atoms with van der Waals surface area (Å²) < 4.78 is 25.6. The van der Waals surface area contributed by atoms with Gasteiger partial charge in [0.15, 0.2) is 0 Å². The molecule has 1 atom stereocenters.